The average molecular weight is 390 g/mol. The number of likely N-dealkylation sites (N-methyl/N-ethyl adjacent to an activating group) is 1. The van der Waals surface area contributed by atoms with E-state index in [9.17, 15) is 4.39 Å². The van der Waals surface area contributed by atoms with E-state index in [0.29, 0.717) is 16.1 Å². The minimum absolute atomic E-state index is 0.0719. The normalized spacial score (nSPS) is 13.7. The Bertz CT molecular complexity index is 914. The van der Waals surface area contributed by atoms with Crippen LogP contribution in [0.1, 0.15) is 38.6 Å². The first-order valence-corrected chi connectivity index (χ1v) is 9.63. The van der Waals surface area contributed by atoms with Gasteiger partial charge in [-0.05, 0) is 33.0 Å². The summed E-state index contributed by atoms with van der Waals surface area (Å²) >= 11 is 1.34. The van der Waals surface area contributed by atoms with Crippen LogP contribution in [-0.4, -0.2) is 34.1 Å². The molecule has 3 rings (SSSR count). The van der Waals surface area contributed by atoms with Crippen molar-refractivity contribution in [2.24, 2.45) is 0 Å². The summed E-state index contributed by atoms with van der Waals surface area (Å²) in [5.41, 5.74) is 0.635. The van der Waals surface area contributed by atoms with Gasteiger partial charge in [0, 0.05) is 12.0 Å². The first-order chi connectivity index (χ1) is 12.9. The average Bonchev–Trinajstić information content (AvgIpc) is 3.10. The summed E-state index contributed by atoms with van der Waals surface area (Å²) in [6.45, 7) is 8.02. The van der Waals surface area contributed by atoms with E-state index in [2.05, 4.69) is 20.3 Å². The molecule has 0 fully saturated rings. The highest BCUT2D eigenvalue weighted by atomic mass is 32.1. The molecule has 0 aliphatic rings. The molecule has 2 unspecified atom stereocenters. The third-order valence-electron chi connectivity index (χ3n) is 4.26. The number of rotatable bonds is 7. The van der Waals surface area contributed by atoms with Gasteiger partial charge in [-0.2, -0.15) is 0 Å². The molecule has 0 saturated heterocycles. The molecule has 0 aliphatic heterocycles. The summed E-state index contributed by atoms with van der Waals surface area (Å²) in [5.74, 6) is 0.495. The fourth-order valence-corrected chi connectivity index (χ4v) is 3.34. The molecule has 2 heterocycles. The van der Waals surface area contributed by atoms with E-state index in [1.54, 1.807) is 12.1 Å². The van der Waals surface area contributed by atoms with Gasteiger partial charge < -0.3 is 14.8 Å². The van der Waals surface area contributed by atoms with E-state index in [1.807, 2.05) is 34.7 Å². The lowest BCUT2D eigenvalue weighted by Crippen LogP contribution is -2.36. The highest BCUT2D eigenvalue weighted by Crippen LogP contribution is 2.34. The summed E-state index contributed by atoms with van der Waals surface area (Å²) in [7, 11) is 1.87. The predicted molar refractivity (Wildman–Crippen MR) is 104 cm³/mol. The number of hydrogen-bond acceptors (Lipinski definition) is 7. The molecule has 0 bridgehead atoms. The molecular formula is C19H23FN4O2S. The number of nitrogens with one attached hydrogen (secondary N) is 1. The second kappa shape index (κ2) is 8.14. The third kappa shape index (κ3) is 4.33. The van der Waals surface area contributed by atoms with Gasteiger partial charge in [-0.15, -0.1) is 11.3 Å². The fraction of sp³-hybridized carbons (Fsp3) is 0.421. The van der Waals surface area contributed by atoms with Crippen molar-refractivity contribution in [3.05, 3.63) is 35.4 Å². The minimum Gasteiger partial charge on any atom is -0.472 e. The van der Waals surface area contributed by atoms with Crippen LogP contribution in [0.2, 0.25) is 0 Å². The first-order valence-electron chi connectivity index (χ1n) is 8.81. The molecule has 2 atom stereocenters. The molecule has 144 valence electrons. The second-order valence-corrected chi connectivity index (χ2v) is 7.66. The molecule has 0 spiro atoms. The quantitative estimate of drug-likeness (QED) is 0.640. The molecular weight excluding hydrogens is 367 g/mol. The van der Waals surface area contributed by atoms with E-state index < -0.39 is 5.82 Å². The van der Waals surface area contributed by atoms with Crippen LogP contribution in [0, 0.1) is 5.82 Å². The Morgan fingerprint density at radius 1 is 1.07 bits per heavy atom. The van der Waals surface area contributed by atoms with Crippen LogP contribution in [0.4, 0.5) is 4.39 Å². The lowest BCUT2D eigenvalue weighted by atomic mass is 10.2. The number of fused-ring (bicyclic) bond motifs is 1. The SMILES string of the molecule is CNC(C)C(C)Oc1cnc(Oc2ccc3nc(C(C)C)sc3c2F)cn1. The molecule has 0 aliphatic carbocycles. The summed E-state index contributed by atoms with van der Waals surface area (Å²) in [4.78, 5) is 12.8. The van der Waals surface area contributed by atoms with Crippen molar-refractivity contribution in [3.63, 3.8) is 0 Å². The van der Waals surface area contributed by atoms with Gasteiger partial charge in [0.1, 0.15) is 6.10 Å². The molecule has 27 heavy (non-hydrogen) atoms. The predicted octanol–water partition coefficient (Wildman–Crippen LogP) is 4.52. The van der Waals surface area contributed by atoms with Crippen LogP contribution in [-0.2, 0) is 0 Å². The minimum atomic E-state index is -0.435. The Morgan fingerprint density at radius 3 is 2.41 bits per heavy atom. The van der Waals surface area contributed by atoms with Gasteiger partial charge in [-0.3, -0.25) is 0 Å². The van der Waals surface area contributed by atoms with Gasteiger partial charge in [0.2, 0.25) is 11.8 Å². The molecule has 3 aromatic rings. The lowest BCUT2D eigenvalue weighted by molar-refractivity contribution is 0.174. The Kier molecular flexibility index (Phi) is 5.86. The molecule has 8 heteroatoms. The maximum Gasteiger partial charge on any atom is 0.238 e. The molecule has 6 nitrogen and oxygen atoms in total. The molecule has 2 aromatic heterocycles. The molecule has 0 amide bonds. The van der Waals surface area contributed by atoms with E-state index in [1.165, 1.54) is 23.7 Å². The monoisotopic (exact) mass is 390 g/mol. The summed E-state index contributed by atoms with van der Waals surface area (Å²) < 4.78 is 26.5. The number of hydrogen-bond donors (Lipinski definition) is 1. The van der Waals surface area contributed by atoms with Crippen molar-refractivity contribution in [2.45, 2.75) is 45.8 Å². The van der Waals surface area contributed by atoms with Crippen LogP contribution < -0.4 is 14.8 Å². The first kappa shape index (κ1) is 19.4. The van der Waals surface area contributed by atoms with Gasteiger partial charge >= 0.3 is 0 Å². The molecule has 0 saturated carbocycles. The highest BCUT2D eigenvalue weighted by molar-refractivity contribution is 7.18. The van der Waals surface area contributed by atoms with Gasteiger partial charge in [0.15, 0.2) is 11.6 Å². The van der Waals surface area contributed by atoms with E-state index in [4.69, 9.17) is 9.47 Å². The van der Waals surface area contributed by atoms with Crippen molar-refractivity contribution in [1.82, 2.24) is 20.3 Å². The zero-order chi connectivity index (χ0) is 19.6. The van der Waals surface area contributed by atoms with Crippen molar-refractivity contribution in [3.8, 4) is 17.5 Å². The van der Waals surface area contributed by atoms with Gasteiger partial charge in [0.05, 0.1) is 27.6 Å². The van der Waals surface area contributed by atoms with Gasteiger partial charge in [-0.1, -0.05) is 13.8 Å². The zero-order valence-electron chi connectivity index (χ0n) is 16.0. The van der Waals surface area contributed by atoms with Crippen molar-refractivity contribution in [2.75, 3.05) is 7.05 Å². The lowest BCUT2D eigenvalue weighted by Gasteiger charge is -2.19. The Morgan fingerprint density at radius 2 is 1.78 bits per heavy atom. The number of benzene rings is 1. The highest BCUT2D eigenvalue weighted by Gasteiger charge is 2.16. The molecule has 1 aromatic carbocycles. The third-order valence-corrected chi connectivity index (χ3v) is 5.62. The molecule has 1 N–H and O–H groups in total. The van der Waals surface area contributed by atoms with E-state index in [0.717, 1.165) is 5.01 Å². The van der Waals surface area contributed by atoms with Crippen LogP contribution in [0.3, 0.4) is 0 Å². The van der Waals surface area contributed by atoms with Crippen LogP contribution >= 0.6 is 11.3 Å². The van der Waals surface area contributed by atoms with Crippen molar-refractivity contribution < 1.29 is 13.9 Å². The fourth-order valence-electron chi connectivity index (χ4n) is 2.34. The largest absolute Gasteiger partial charge is 0.472 e. The zero-order valence-corrected chi connectivity index (χ0v) is 16.8. The number of ether oxygens (including phenoxy) is 2. The van der Waals surface area contributed by atoms with Crippen LogP contribution in [0.25, 0.3) is 10.2 Å². The van der Waals surface area contributed by atoms with Crippen LogP contribution in [0.15, 0.2) is 24.5 Å². The van der Waals surface area contributed by atoms with E-state index >= 15 is 0 Å². The summed E-state index contributed by atoms with van der Waals surface area (Å²) in [6.07, 6.45) is 2.81. The number of aromatic nitrogens is 3. The van der Waals surface area contributed by atoms with Crippen LogP contribution in [0.5, 0.6) is 17.5 Å². The van der Waals surface area contributed by atoms with Crippen molar-refractivity contribution >= 4 is 21.6 Å². The van der Waals surface area contributed by atoms with Gasteiger partial charge in [0.25, 0.3) is 0 Å². The Labute approximate surface area is 161 Å². The van der Waals surface area contributed by atoms with E-state index in [-0.39, 0.29) is 29.7 Å². The second-order valence-electron chi connectivity index (χ2n) is 6.63. The Balaban J connectivity index is 1.76. The number of nitrogens with zero attached hydrogens (tertiary/aromatic N) is 3. The Hall–Kier alpha value is -2.32. The smallest absolute Gasteiger partial charge is 0.238 e. The number of halogens is 1. The maximum absolute atomic E-state index is 14.8. The number of thiazole rings is 1. The topological polar surface area (TPSA) is 69.2 Å². The molecule has 0 radical (unpaired) electrons. The maximum atomic E-state index is 14.8. The van der Waals surface area contributed by atoms with Crippen molar-refractivity contribution in [1.29, 1.82) is 0 Å². The summed E-state index contributed by atoms with van der Waals surface area (Å²) in [5, 5.41) is 4.01. The van der Waals surface area contributed by atoms with Gasteiger partial charge in [-0.25, -0.2) is 19.3 Å². The summed E-state index contributed by atoms with van der Waals surface area (Å²) in [6, 6.07) is 3.48. The standard InChI is InChI=1S/C19H23FN4O2S/c1-10(2)19-24-13-6-7-14(17(20)18(13)27-19)26-16-9-22-15(8-23-16)25-12(4)11(3)21-5/h6-12,21H,1-5H3.